The van der Waals surface area contributed by atoms with Crippen LogP contribution in [-0.4, -0.2) is 12.5 Å². The van der Waals surface area contributed by atoms with E-state index in [4.69, 9.17) is 0 Å². The molecule has 1 amide bonds. The molecule has 21 heavy (non-hydrogen) atoms. The third kappa shape index (κ3) is 4.60. The predicted octanol–water partition coefficient (Wildman–Crippen LogP) is 3.42. The Balaban J connectivity index is 1.85. The number of hydrogen-bond acceptors (Lipinski definition) is 2. The highest BCUT2D eigenvalue weighted by Gasteiger charge is 2.09. The van der Waals surface area contributed by atoms with E-state index in [1.54, 1.807) is 12.1 Å². The monoisotopic (exact) mass is 286 g/mol. The highest BCUT2D eigenvalue weighted by atomic mass is 19.1. The molecule has 1 unspecified atom stereocenters. The number of benzene rings is 2. The number of carbonyl (C=O) groups excluding carboxylic acids is 1. The Morgan fingerprint density at radius 3 is 2.57 bits per heavy atom. The van der Waals surface area contributed by atoms with Crippen molar-refractivity contribution in [2.45, 2.75) is 19.9 Å². The summed E-state index contributed by atoms with van der Waals surface area (Å²) in [5.41, 5.74) is 2.93. The van der Waals surface area contributed by atoms with Crippen LogP contribution in [0, 0.1) is 12.7 Å². The molecule has 0 saturated heterocycles. The van der Waals surface area contributed by atoms with Gasteiger partial charge in [0.05, 0.1) is 12.6 Å². The van der Waals surface area contributed by atoms with Crippen molar-refractivity contribution in [1.29, 1.82) is 0 Å². The molecule has 2 rings (SSSR count). The summed E-state index contributed by atoms with van der Waals surface area (Å²) in [6.45, 7) is 4.08. The highest BCUT2D eigenvalue weighted by Crippen LogP contribution is 2.13. The van der Waals surface area contributed by atoms with Gasteiger partial charge in [0.1, 0.15) is 5.82 Å². The molecule has 1 atom stereocenters. The van der Waals surface area contributed by atoms with Crippen LogP contribution in [0.5, 0.6) is 0 Å². The number of hydrogen-bond donors (Lipinski definition) is 2. The van der Waals surface area contributed by atoms with Crippen LogP contribution in [0.15, 0.2) is 48.5 Å². The van der Waals surface area contributed by atoms with Crippen LogP contribution in [0.4, 0.5) is 10.1 Å². The molecule has 3 nitrogen and oxygen atoms in total. The van der Waals surface area contributed by atoms with Crippen LogP contribution in [0.3, 0.4) is 0 Å². The lowest BCUT2D eigenvalue weighted by atomic mass is 10.1. The molecule has 2 N–H and O–H groups in total. The Morgan fingerprint density at radius 1 is 1.19 bits per heavy atom. The van der Waals surface area contributed by atoms with Crippen molar-refractivity contribution in [2.75, 3.05) is 11.9 Å². The molecule has 0 radical (unpaired) electrons. The summed E-state index contributed by atoms with van der Waals surface area (Å²) >= 11 is 0. The Labute approximate surface area is 124 Å². The summed E-state index contributed by atoms with van der Waals surface area (Å²) in [5, 5.41) is 5.96. The largest absolute Gasteiger partial charge is 0.376 e. The van der Waals surface area contributed by atoms with Gasteiger partial charge >= 0.3 is 0 Å². The maximum atomic E-state index is 12.9. The second-order valence-electron chi connectivity index (χ2n) is 5.06. The summed E-state index contributed by atoms with van der Waals surface area (Å²) in [6.07, 6.45) is 0. The van der Waals surface area contributed by atoms with E-state index in [2.05, 4.69) is 10.6 Å². The van der Waals surface area contributed by atoms with Gasteiger partial charge in [-0.15, -0.1) is 0 Å². The summed E-state index contributed by atoms with van der Waals surface area (Å²) < 4.78 is 12.9. The first-order chi connectivity index (χ1) is 10.0. The van der Waals surface area contributed by atoms with Gasteiger partial charge in [0.15, 0.2) is 0 Å². The van der Waals surface area contributed by atoms with Crippen molar-refractivity contribution >= 4 is 11.6 Å². The smallest absolute Gasteiger partial charge is 0.239 e. The Hall–Kier alpha value is -2.36. The molecule has 0 bridgehead atoms. The number of amides is 1. The van der Waals surface area contributed by atoms with Crippen LogP contribution in [0.25, 0.3) is 0 Å². The van der Waals surface area contributed by atoms with Crippen molar-refractivity contribution in [3.63, 3.8) is 0 Å². The average Bonchev–Trinajstić information content (AvgIpc) is 2.46. The predicted molar refractivity (Wildman–Crippen MR) is 82.6 cm³/mol. The Kier molecular flexibility index (Phi) is 4.93. The fourth-order valence-electron chi connectivity index (χ4n) is 2.06. The number of aryl methyl sites for hydroxylation is 1. The number of halogens is 1. The molecule has 0 aromatic heterocycles. The van der Waals surface area contributed by atoms with E-state index in [9.17, 15) is 9.18 Å². The normalized spacial score (nSPS) is 11.8. The molecule has 4 heteroatoms. The van der Waals surface area contributed by atoms with E-state index in [0.29, 0.717) is 0 Å². The molecular weight excluding hydrogens is 267 g/mol. The van der Waals surface area contributed by atoms with Gasteiger partial charge < -0.3 is 10.6 Å². The molecule has 0 fully saturated rings. The quantitative estimate of drug-likeness (QED) is 0.884. The Morgan fingerprint density at radius 2 is 1.90 bits per heavy atom. The van der Waals surface area contributed by atoms with E-state index in [-0.39, 0.29) is 24.3 Å². The van der Waals surface area contributed by atoms with Gasteiger partial charge in [-0.2, -0.15) is 0 Å². The Bertz CT molecular complexity index is 610. The van der Waals surface area contributed by atoms with Gasteiger partial charge in [-0.1, -0.05) is 24.3 Å². The third-order valence-corrected chi connectivity index (χ3v) is 3.22. The first-order valence-corrected chi connectivity index (χ1v) is 6.90. The van der Waals surface area contributed by atoms with Gasteiger partial charge in [-0.3, -0.25) is 4.79 Å². The molecule has 110 valence electrons. The first kappa shape index (κ1) is 15.0. The van der Waals surface area contributed by atoms with Crippen molar-refractivity contribution in [3.8, 4) is 0 Å². The zero-order valence-corrected chi connectivity index (χ0v) is 12.2. The minimum atomic E-state index is -0.279. The fourth-order valence-corrected chi connectivity index (χ4v) is 2.06. The summed E-state index contributed by atoms with van der Waals surface area (Å²) in [7, 11) is 0. The maximum Gasteiger partial charge on any atom is 0.239 e. The molecule has 0 heterocycles. The number of carbonyl (C=O) groups is 1. The standard InChI is InChI=1S/C17H19FN2O/c1-12-4-3-5-16(10-12)19-11-17(21)20-13(2)14-6-8-15(18)9-7-14/h3-10,13,19H,11H2,1-2H3,(H,20,21). The topological polar surface area (TPSA) is 41.1 Å². The van der Waals surface area contributed by atoms with Gasteiger partial charge in [0, 0.05) is 5.69 Å². The van der Waals surface area contributed by atoms with Gasteiger partial charge in [-0.05, 0) is 49.2 Å². The second-order valence-corrected chi connectivity index (χ2v) is 5.06. The van der Waals surface area contributed by atoms with Crippen LogP contribution in [0.1, 0.15) is 24.1 Å². The van der Waals surface area contributed by atoms with E-state index in [0.717, 1.165) is 16.8 Å². The first-order valence-electron chi connectivity index (χ1n) is 6.90. The van der Waals surface area contributed by atoms with E-state index in [1.165, 1.54) is 12.1 Å². The average molecular weight is 286 g/mol. The molecule has 2 aromatic rings. The van der Waals surface area contributed by atoms with Crippen molar-refractivity contribution in [2.24, 2.45) is 0 Å². The van der Waals surface area contributed by atoms with Crippen LogP contribution in [0.2, 0.25) is 0 Å². The van der Waals surface area contributed by atoms with Gasteiger partial charge in [0.2, 0.25) is 5.91 Å². The second kappa shape index (κ2) is 6.88. The van der Waals surface area contributed by atoms with Crippen molar-refractivity contribution in [1.82, 2.24) is 5.32 Å². The highest BCUT2D eigenvalue weighted by molar-refractivity contribution is 5.81. The molecule has 0 aliphatic carbocycles. The minimum absolute atomic E-state index is 0.103. The van der Waals surface area contributed by atoms with Gasteiger partial charge in [-0.25, -0.2) is 4.39 Å². The molecule has 0 aliphatic rings. The van der Waals surface area contributed by atoms with Crippen LogP contribution < -0.4 is 10.6 Å². The third-order valence-electron chi connectivity index (χ3n) is 3.22. The number of nitrogens with one attached hydrogen (secondary N) is 2. The molecule has 2 aromatic carbocycles. The fraction of sp³-hybridized carbons (Fsp3) is 0.235. The van der Waals surface area contributed by atoms with E-state index >= 15 is 0 Å². The van der Waals surface area contributed by atoms with Gasteiger partial charge in [0.25, 0.3) is 0 Å². The summed E-state index contributed by atoms with van der Waals surface area (Å²) in [4.78, 5) is 11.9. The molecule has 0 saturated carbocycles. The zero-order valence-electron chi connectivity index (χ0n) is 12.2. The molecular formula is C17H19FN2O. The van der Waals surface area contributed by atoms with E-state index < -0.39 is 0 Å². The number of rotatable bonds is 5. The lowest BCUT2D eigenvalue weighted by Gasteiger charge is -2.15. The lowest BCUT2D eigenvalue weighted by Crippen LogP contribution is -2.32. The van der Waals surface area contributed by atoms with Crippen molar-refractivity contribution in [3.05, 3.63) is 65.5 Å². The van der Waals surface area contributed by atoms with E-state index in [1.807, 2.05) is 38.1 Å². The molecule has 0 spiro atoms. The van der Waals surface area contributed by atoms with Crippen molar-refractivity contribution < 1.29 is 9.18 Å². The molecule has 0 aliphatic heterocycles. The van der Waals surface area contributed by atoms with Crippen LogP contribution >= 0.6 is 0 Å². The SMILES string of the molecule is Cc1cccc(NCC(=O)NC(C)c2ccc(F)cc2)c1. The zero-order chi connectivity index (χ0) is 15.2. The minimum Gasteiger partial charge on any atom is -0.376 e. The van der Waals surface area contributed by atoms with Crippen LogP contribution in [-0.2, 0) is 4.79 Å². The summed E-state index contributed by atoms with van der Waals surface area (Å²) in [6, 6.07) is 13.8. The maximum absolute atomic E-state index is 12.9. The summed E-state index contributed by atoms with van der Waals surface area (Å²) in [5.74, 6) is -0.383. The number of anilines is 1. The lowest BCUT2D eigenvalue weighted by molar-refractivity contribution is -0.120.